The molecule has 0 atom stereocenters. The van der Waals surface area contributed by atoms with E-state index in [1.807, 2.05) is 0 Å². The number of hydrogen-bond donors (Lipinski definition) is 0. The van der Waals surface area contributed by atoms with Crippen LogP contribution in [0.4, 0.5) is 0 Å². The minimum absolute atomic E-state index is 0.631. The molecule has 0 unspecified atom stereocenters. The molecule has 0 aromatic rings. The molecule has 0 aliphatic carbocycles. The van der Waals surface area contributed by atoms with Crippen molar-refractivity contribution in [3.05, 3.63) is 36.5 Å². The summed E-state index contributed by atoms with van der Waals surface area (Å²) in [5.74, 6) is 0. The van der Waals surface area contributed by atoms with E-state index in [9.17, 15) is 0 Å². The maximum Gasteiger partial charge on any atom is 0.0624 e. The second-order valence-electron chi connectivity index (χ2n) is 3.01. The minimum Gasteiger partial charge on any atom is -0.198 e. The van der Waals surface area contributed by atoms with Crippen LogP contribution in [-0.2, 0) is 0 Å². The summed E-state index contributed by atoms with van der Waals surface area (Å²) in [5.41, 5.74) is 0. The van der Waals surface area contributed by atoms with E-state index in [4.69, 9.17) is 5.26 Å². The predicted molar refractivity (Wildman–Crippen MR) is 61.8 cm³/mol. The maximum absolute atomic E-state index is 8.29. The molecule has 0 aliphatic rings. The van der Waals surface area contributed by atoms with E-state index in [-0.39, 0.29) is 0 Å². The summed E-state index contributed by atoms with van der Waals surface area (Å²) in [6.45, 7) is 2.13. The molecule has 1 nitrogen and oxygen atoms in total. The van der Waals surface area contributed by atoms with Gasteiger partial charge in [-0.15, -0.1) is 0 Å². The quantitative estimate of drug-likeness (QED) is 0.335. The van der Waals surface area contributed by atoms with Crippen molar-refractivity contribution in [1.82, 2.24) is 0 Å². The van der Waals surface area contributed by atoms with Crippen LogP contribution in [0.1, 0.15) is 39.0 Å². The van der Waals surface area contributed by atoms with Gasteiger partial charge in [-0.25, -0.2) is 0 Å². The van der Waals surface area contributed by atoms with Gasteiger partial charge in [-0.3, -0.25) is 0 Å². The third kappa shape index (κ3) is 10.7. The Bertz CT molecular complexity index is 228. The van der Waals surface area contributed by atoms with Crippen molar-refractivity contribution in [1.29, 1.82) is 5.26 Å². The molecule has 0 spiro atoms. The van der Waals surface area contributed by atoms with Gasteiger partial charge in [0.15, 0.2) is 0 Å². The van der Waals surface area contributed by atoms with Crippen molar-refractivity contribution in [3.63, 3.8) is 0 Å². The van der Waals surface area contributed by atoms with E-state index in [1.54, 1.807) is 0 Å². The predicted octanol–water partition coefficient (Wildman–Crippen LogP) is 4.15. The van der Waals surface area contributed by atoms with Crippen molar-refractivity contribution in [2.45, 2.75) is 39.0 Å². The van der Waals surface area contributed by atoms with Gasteiger partial charge < -0.3 is 0 Å². The zero-order chi connectivity index (χ0) is 10.5. The Hall–Kier alpha value is -1.29. The van der Waals surface area contributed by atoms with Crippen LogP contribution in [0.3, 0.4) is 0 Å². The van der Waals surface area contributed by atoms with E-state index in [1.165, 1.54) is 0 Å². The lowest BCUT2D eigenvalue weighted by molar-refractivity contribution is 1.01. The number of unbranched alkanes of at least 4 members (excludes halogenated alkanes) is 2. The van der Waals surface area contributed by atoms with E-state index >= 15 is 0 Å². The molecular formula is C13H19N. The first-order valence-corrected chi connectivity index (χ1v) is 5.25. The molecule has 0 aromatic carbocycles. The molecule has 14 heavy (non-hydrogen) atoms. The summed E-state index contributed by atoms with van der Waals surface area (Å²) in [6.07, 6.45) is 17.5. The Morgan fingerprint density at radius 2 is 1.57 bits per heavy atom. The molecule has 76 valence electrons. The Morgan fingerprint density at radius 1 is 0.929 bits per heavy atom. The highest BCUT2D eigenvalue weighted by atomic mass is 14.2. The number of nitrogens with zero attached hydrogens (tertiary/aromatic N) is 1. The number of allylic oxidation sites excluding steroid dienone is 6. The van der Waals surface area contributed by atoms with E-state index in [0.29, 0.717) is 6.42 Å². The molecular weight excluding hydrogens is 170 g/mol. The smallest absolute Gasteiger partial charge is 0.0624 e. The highest BCUT2D eigenvalue weighted by Gasteiger charge is 1.78. The third-order valence-electron chi connectivity index (χ3n) is 1.71. The Morgan fingerprint density at radius 3 is 2.29 bits per heavy atom. The summed E-state index contributed by atoms with van der Waals surface area (Å²) in [6, 6.07) is 2.12. The zero-order valence-corrected chi connectivity index (χ0v) is 8.95. The second kappa shape index (κ2) is 11.7. The summed E-state index contributed by atoms with van der Waals surface area (Å²) in [4.78, 5) is 0. The van der Waals surface area contributed by atoms with E-state index < -0.39 is 0 Å². The highest BCUT2D eigenvalue weighted by Crippen LogP contribution is 1.96. The molecule has 0 aromatic heterocycles. The Balaban J connectivity index is 3.28. The fourth-order valence-corrected chi connectivity index (χ4v) is 0.965. The van der Waals surface area contributed by atoms with Gasteiger partial charge in [0.25, 0.3) is 0 Å². The second-order valence-corrected chi connectivity index (χ2v) is 3.01. The first kappa shape index (κ1) is 12.7. The van der Waals surface area contributed by atoms with Crippen molar-refractivity contribution < 1.29 is 0 Å². The fourth-order valence-electron chi connectivity index (χ4n) is 0.965. The number of nitriles is 1. The third-order valence-corrected chi connectivity index (χ3v) is 1.71. The molecule has 1 heteroatoms. The lowest BCUT2D eigenvalue weighted by Gasteiger charge is -1.85. The van der Waals surface area contributed by atoms with Gasteiger partial charge in [0.05, 0.1) is 6.07 Å². The van der Waals surface area contributed by atoms with Crippen LogP contribution in [0.5, 0.6) is 0 Å². The molecule has 0 bridgehead atoms. The van der Waals surface area contributed by atoms with Crippen molar-refractivity contribution in [2.24, 2.45) is 0 Å². The topological polar surface area (TPSA) is 23.8 Å². The first-order valence-electron chi connectivity index (χ1n) is 5.25. The van der Waals surface area contributed by atoms with Crippen molar-refractivity contribution in [2.75, 3.05) is 0 Å². The van der Waals surface area contributed by atoms with E-state index in [0.717, 1.165) is 25.7 Å². The van der Waals surface area contributed by atoms with Gasteiger partial charge >= 0.3 is 0 Å². The largest absolute Gasteiger partial charge is 0.198 e. The van der Waals surface area contributed by atoms with Crippen LogP contribution in [0.2, 0.25) is 0 Å². The van der Waals surface area contributed by atoms with Crippen LogP contribution in [0.25, 0.3) is 0 Å². The molecule has 0 rings (SSSR count). The minimum atomic E-state index is 0.631. The van der Waals surface area contributed by atoms with Gasteiger partial charge in [-0.1, -0.05) is 43.4 Å². The molecule has 0 aliphatic heterocycles. The standard InChI is InChI=1S/C13H19N/c1-2-3-4-5-6-7-8-9-10-11-12-13-14/h3-6,9-10H,2,7-8,11-12H2,1H3/b4-3+,6-5+,10-9+. The molecule has 0 saturated heterocycles. The van der Waals surface area contributed by atoms with Gasteiger partial charge in [-0.2, -0.15) is 5.26 Å². The SMILES string of the molecule is CC/C=C/C=C/CC/C=C/CCC#N. The number of rotatable bonds is 7. The van der Waals surface area contributed by atoms with Crippen molar-refractivity contribution >= 4 is 0 Å². The molecule has 0 N–H and O–H groups in total. The normalized spacial score (nSPS) is 11.7. The summed E-state index contributed by atoms with van der Waals surface area (Å²) < 4.78 is 0. The fraction of sp³-hybridized carbons (Fsp3) is 0.462. The van der Waals surface area contributed by atoms with Gasteiger partial charge in [0.2, 0.25) is 0 Å². The van der Waals surface area contributed by atoms with Gasteiger partial charge in [-0.05, 0) is 25.7 Å². The van der Waals surface area contributed by atoms with Gasteiger partial charge in [0, 0.05) is 6.42 Å². The molecule has 0 heterocycles. The summed E-state index contributed by atoms with van der Waals surface area (Å²) >= 11 is 0. The highest BCUT2D eigenvalue weighted by molar-refractivity contribution is 5.02. The average molecular weight is 189 g/mol. The Kier molecular flexibility index (Phi) is 10.6. The molecule has 0 saturated carbocycles. The van der Waals surface area contributed by atoms with E-state index in [2.05, 4.69) is 49.4 Å². The molecule has 0 fully saturated rings. The lowest BCUT2D eigenvalue weighted by Crippen LogP contribution is -1.66. The van der Waals surface area contributed by atoms with Crippen LogP contribution in [0, 0.1) is 11.3 Å². The summed E-state index contributed by atoms with van der Waals surface area (Å²) in [7, 11) is 0. The van der Waals surface area contributed by atoms with Crippen LogP contribution in [-0.4, -0.2) is 0 Å². The zero-order valence-electron chi connectivity index (χ0n) is 8.95. The summed E-state index contributed by atoms with van der Waals surface area (Å²) in [5, 5.41) is 8.29. The van der Waals surface area contributed by atoms with Crippen LogP contribution < -0.4 is 0 Å². The first-order chi connectivity index (χ1) is 6.91. The molecule has 0 radical (unpaired) electrons. The van der Waals surface area contributed by atoms with Crippen LogP contribution >= 0.6 is 0 Å². The van der Waals surface area contributed by atoms with Crippen LogP contribution in [0.15, 0.2) is 36.5 Å². The molecule has 0 amide bonds. The Labute approximate surface area is 87.4 Å². The van der Waals surface area contributed by atoms with Gasteiger partial charge in [0.1, 0.15) is 0 Å². The average Bonchev–Trinajstić information content (AvgIpc) is 2.21. The maximum atomic E-state index is 8.29. The number of hydrogen-bond acceptors (Lipinski definition) is 1. The lowest BCUT2D eigenvalue weighted by atomic mass is 10.2. The van der Waals surface area contributed by atoms with Crippen molar-refractivity contribution in [3.8, 4) is 6.07 Å². The monoisotopic (exact) mass is 189 g/mol.